The summed E-state index contributed by atoms with van der Waals surface area (Å²) < 4.78 is 14.1. The maximum absolute atomic E-state index is 13.1. The van der Waals surface area contributed by atoms with E-state index in [1.807, 2.05) is 18.4 Å². The highest BCUT2D eigenvalue weighted by Crippen LogP contribution is 2.36. The molecular weight excluding hydrogens is 337 g/mol. The van der Waals surface area contributed by atoms with Crippen molar-refractivity contribution >= 4 is 38.9 Å². The van der Waals surface area contributed by atoms with Crippen LogP contribution in [0.15, 0.2) is 34.1 Å². The summed E-state index contributed by atoms with van der Waals surface area (Å²) in [5.74, 6) is -0.316. The van der Waals surface area contributed by atoms with Gasteiger partial charge in [0.05, 0.1) is 6.04 Å². The van der Waals surface area contributed by atoms with Crippen LogP contribution in [0.3, 0.4) is 0 Å². The topological polar surface area (TPSA) is 12.0 Å². The Hall–Kier alpha value is -0.420. The number of benzene rings is 1. The Morgan fingerprint density at radius 3 is 2.78 bits per heavy atom. The first-order valence-electron chi connectivity index (χ1n) is 5.54. The van der Waals surface area contributed by atoms with E-state index in [4.69, 9.17) is 11.6 Å². The van der Waals surface area contributed by atoms with Gasteiger partial charge in [-0.2, -0.15) is 0 Å². The third-order valence-electron chi connectivity index (χ3n) is 2.59. The average Bonchev–Trinajstić information content (AvgIpc) is 2.73. The van der Waals surface area contributed by atoms with Gasteiger partial charge in [0.25, 0.3) is 0 Å². The van der Waals surface area contributed by atoms with E-state index in [1.165, 1.54) is 12.1 Å². The van der Waals surface area contributed by atoms with E-state index in [0.29, 0.717) is 5.02 Å². The predicted octanol–water partition coefficient (Wildman–Crippen LogP) is 5.00. The minimum atomic E-state index is -0.316. The number of hydrogen-bond donors (Lipinski definition) is 1. The first kappa shape index (κ1) is 14.0. The molecule has 18 heavy (non-hydrogen) atoms. The zero-order valence-corrected chi connectivity index (χ0v) is 12.9. The number of hydrogen-bond acceptors (Lipinski definition) is 2. The second kappa shape index (κ2) is 6.15. The van der Waals surface area contributed by atoms with Crippen molar-refractivity contribution in [1.29, 1.82) is 0 Å². The van der Waals surface area contributed by atoms with Gasteiger partial charge in [0, 0.05) is 14.4 Å². The SMILES string of the molecule is CCNC(c1ccc(F)cc1Cl)c1sccc1Br. The van der Waals surface area contributed by atoms with Gasteiger partial charge in [-0.25, -0.2) is 4.39 Å². The van der Waals surface area contributed by atoms with E-state index in [0.717, 1.165) is 21.5 Å². The molecule has 0 aliphatic carbocycles. The fraction of sp³-hybridized carbons (Fsp3) is 0.231. The lowest BCUT2D eigenvalue weighted by Crippen LogP contribution is -2.21. The molecule has 1 aromatic heterocycles. The Labute approximate surface area is 123 Å². The van der Waals surface area contributed by atoms with Crippen LogP contribution in [0.1, 0.15) is 23.4 Å². The second-order valence-corrected chi connectivity index (χ2v) is 6.00. The number of thiophene rings is 1. The van der Waals surface area contributed by atoms with E-state index in [2.05, 4.69) is 21.2 Å². The van der Waals surface area contributed by atoms with Crippen molar-refractivity contribution in [3.63, 3.8) is 0 Å². The summed E-state index contributed by atoms with van der Waals surface area (Å²) in [5.41, 5.74) is 0.892. The molecule has 0 aliphatic heterocycles. The Balaban J connectivity index is 2.45. The van der Waals surface area contributed by atoms with Crippen molar-refractivity contribution in [2.24, 2.45) is 0 Å². The zero-order chi connectivity index (χ0) is 13.1. The molecule has 0 aliphatic rings. The Bertz CT molecular complexity index is 544. The van der Waals surface area contributed by atoms with Gasteiger partial charge in [0.15, 0.2) is 0 Å². The molecule has 0 fully saturated rings. The molecule has 1 heterocycles. The summed E-state index contributed by atoms with van der Waals surface area (Å²) in [7, 11) is 0. The Morgan fingerprint density at radius 1 is 1.44 bits per heavy atom. The van der Waals surface area contributed by atoms with Crippen LogP contribution >= 0.6 is 38.9 Å². The smallest absolute Gasteiger partial charge is 0.124 e. The van der Waals surface area contributed by atoms with E-state index in [-0.39, 0.29) is 11.9 Å². The average molecular weight is 349 g/mol. The van der Waals surface area contributed by atoms with Crippen LogP contribution in [0.4, 0.5) is 4.39 Å². The van der Waals surface area contributed by atoms with E-state index in [9.17, 15) is 4.39 Å². The molecule has 2 rings (SSSR count). The summed E-state index contributed by atoms with van der Waals surface area (Å²) in [6.45, 7) is 2.84. The van der Waals surface area contributed by atoms with Crippen LogP contribution in [0, 0.1) is 5.82 Å². The van der Waals surface area contributed by atoms with Crippen molar-refractivity contribution in [2.45, 2.75) is 13.0 Å². The molecule has 0 saturated carbocycles. The Kier molecular flexibility index (Phi) is 4.78. The van der Waals surface area contributed by atoms with E-state index >= 15 is 0 Å². The van der Waals surface area contributed by atoms with Crippen molar-refractivity contribution < 1.29 is 4.39 Å². The molecule has 1 N–H and O–H groups in total. The van der Waals surface area contributed by atoms with Crippen LogP contribution in [0.5, 0.6) is 0 Å². The van der Waals surface area contributed by atoms with Crippen LogP contribution < -0.4 is 5.32 Å². The summed E-state index contributed by atoms with van der Waals surface area (Å²) >= 11 is 11.3. The molecule has 96 valence electrons. The van der Waals surface area contributed by atoms with Gasteiger partial charge in [-0.15, -0.1) is 11.3 Å². The van der Waals surface area contributed by atoms with Crippen LogP contribution in [0.2, 0.25) is 5.02 Å². The highest BCUT2D eigenvalue weighted by Gasteiger charge is 2.19. The molecule has 1 nitrogen and oxygen atoms in total. The molecular formula is C13H12BrClFNS. The second-order valence-electron chi connectivity index (χ2n) is 3.79. The van der Waals surface area contributed by atoms with Gasteiger partial charge in [0.1, 0.15) is 5.82 Å². The quantitative estimate of drug-likeness (QED) is 0.819. The lowest BCUT2D eigenvalue weighted by Gasteiger charge is -2.19. The van der Waals surface area contributed by atoms with Gasteiger partial charge < -0.3 is 5.32 Å². The molecule has 0 spiro atoms. The van der Waals surface area contributed by atoms with Crippen molar-refractivity contribution in [3.05, 3.63) is 55.4 Å². The third-order valence-corrected chi connectivity index (χ3v) is 4.85. The number of nitrogens with one attached hydrogen (secondary N) is 1. The van der Waals surface area contributed by atoms with Gasteiger partial charge in [0.2, 0.25) is 0 Å². The first-order valence-corrected chi connectivity index (χ1v) is 7.59. The van der Waals surface area contributed by atoms with E-state index in [1.54, 1.807) is 17.4 Å². The predicted molar refractivity (Wildman–Crippen MR) is 78.9 cm³/mol. The summed E-state index contributed by atoms with van der Waals surface area (Å²) in [5, 5.41) is 5.84. The van der Waals surface area contributed by atoms with Gasteiger partial charge in [-0.05, 0) is 51.6 Å². The van der Waals surface area contributed by atoms with Crippen LogP contribution in [-0.2, 0) is 0 Å². The number of halogens is 3. The fourth-order valence-corrected chi connectivity index (χ4v) is 3.77. The van der Waals surface area contributed by atoms with E-state index < -0.39 is 0 Å². The molecule has 0 amide bonds. The zero-order valence-electron chi connectivity index (χ0n) is 9.71. The van der Waals surface area contributed by atoms with Crippen LogP contribution in [0.25, 0.3) is 0 Å². The highest BCUT2D eigenvalue weighted by atomic mass is 79.9. The van der Waals surface area contributed by atoms with Crippen molar-refractivity contribution in [1.82, 2.24) is 5.32 Å². The summed E-state index contributed by atoms with van der Waals surface area (Å²) in [6, 6.07) is 6.51. The molecule has 1 atom stereocenters. The summed E-state index contributed by atoms with van der Waals surface area (Å²) in [6.07, 6.45) is 0. The minimum Gasteiger partial charge on any atom is -0.306 e. The minimum absolute atomic E-state index is 0.0162. The number of rotatable bonds is 4. The molecule has 1 aromatic carbocycles. The standard InChI is InChI=1S/C13H12BrClFNS/c1-2-17-12(13-10(14)5-6-18-13)9-4-3-8(16)7-11(9)15/h3-7,12,17H,2H2,1H3. The van der Waals surface area contributed by atoms with Gasteiger partial charge in [-0.1, -0.05) is 24.6 Å². The molecule has 5 heteroatoms. The molecule has 0 bridgehead atoms. The van der Waals surface area contributed by atoms with Crippen molar-refractivity contribution in [3.8, 4) is 0 Å². The van der Waals surface area contributed by atoms with Gasteiger partial charge in [-0.3, -0.25) is 0 Å². The normalized spacial score (nSPS) is 12.7. The molecule has 0 radical (unpaired) electrons. The maximum Gasteiger partial charge on any atom is 0.124 e. The maximum atomic E-state index is 13.1. The third kappa shape index (κ3) is 2.94. The Morgan fingerprint density at radius 2 is 2.22 bits per heavy atom. The van der Waals surface area contributed by atoms with Gasteiger partial charge >= 0.3 is 0 Å². The molecule has 0 saturated heterocycles. The van der Waals surface area contributed by atoms with Crippen LogP contribution in [-0.4, -0.2) is 6.54 Å². The highest BCUT2D eigenvalue weighted by molar-refractivity contribution is 9.10. The fourth-order valence-electron chi connectivity index (χ4n) is 1.80. The summed E-state index contributed by atoms with van der Waals surface area (Å²) in [4.78, 5) is 1.14. The largest absolute Gasteiger partial charge is 0.306 e. The monoisotopic (exact) mass is 347 g/mol. The molecule has 2 aromatic rings. The van der Waals surface area contributed by atoms with Crippen molar-refractivity contribution in [2.75, 3.05) is 6.54 Å². The lowest BCUT2D eigenvalue weighted by molar-refractivity contribution is 0.616. The first-order chi connectivity index (χ1) is 8.63. The lowest BCUT2D eigenvalue weighted by atomic mass is 10.1. The molecule has 1 unspecified atom stereocenters.